The van der Waals surface area contributed by atoms with E-state index in [4.69, 9.17) is 0 Å². The van der Waals surface area contributed by atoms with Gasteiger partial charge in [-0.1, -0.05) is 81.4 Å². The zero-order chi connectivity index (χ0) is 30.1. The molecule has 0 aromatic heterocycles. The van der Waals surface area contributed by atoms with Gasteiger partial charge in [-0.3, -0.25) is 0 Å². The molecule has 0 bridgehead atoms. The second kappa shape index (κ2) is 11.5. The van der Waals surface area contributed by atoms with E-state index in [1.54, 1.807) is 0 Å². The first-order valence-corrected chi connectivity index (χ1v) is 15.0. The van der Waals surface area contributed by atoms with Crippen molar-refractivity contribution in [2.75, 3.05) is 9.80 Å². The van der Waals surface area contributed by atoms with Crippen molar-refractivity contribution in [1.29, 1.82) is 0 Å². The average molecular weight is 553 g/mol. The summed E-state index contributed by atoms with van der Waals surface area (Å²) in [6.45, 7) is 18.0. The molecule has 5 rings (SSSR count). The Morgan fingerprint density at radius 3 is 1.36 bits per heavy atom. The number of para-hydroxylation sites is 2. The van der Waals surface area contributed by atoms with Crippen LogP contribution in [0.4, 0.5) is 28.4 Å². The number of benzene rings is 5. The van der Waals surface area contributed by atoms with Crippen LogP contribution in [0.2, 0.25) is 0 Å². The summed E-state index contributed by atoms with van der Waals surface area (Å²) in [5, 5.41) is 0. The third-order valence-electron chi connectivity index (χ3n) is 7.90. The van der Waals surface area contributed by atoms with Crippen LogP contribution in [0.3, 0.4) is 0 Å². The molecule has 0 amide bonds. The van der Waals surface area contributed by atoms with Gasteiger partial charge in [0.15, 0.2) is 0 Å². The van der Waals surface area contributed by atoms with E-state index in [0.717, 1.165) is 11.4 Å². The van der Waals surface area contributed by atoms with Gasteiger partial charge >= 0.3 is 0 Å². The molecule has 2 nitrogen and oxygen atoms in total. The number of anilines is 5. The minimum Gasteiger partial charge on any atom is -0.336 e. The highest BCUT2D eigenvalue weighted by molar-refractivity contribution is 5.81. The Kier molecular flexibility index (Phi) is 8.01. The van der Waals surface area contributed by atoms with Crippen LogP contribution < -0.4 is 9.80 Å². The molecular weight excluding hydrogens is 508 g/mol. The molecule has 0 aliphatic carbocycles. The number of aryl methyl sites for hydroxylation is 2. The van der Waals surface area contributed by atoms with Crippen LogP contribution >= 0.6 is 0 Å². The van der Waals surface area contributed by atoms with E-state index in [0.29, 0.717) is 0 Å². The van der Waals surface area contributed by atoms with Crippen LogP contribution in [0.25, 0.3) is 11.1 Å². The van der Waals surface area contributed by atoms with Gasteiger partial charge in [0.2, 0.25) is 0 Å². The summed E-state index contributed by atoms with van der Waals surface area (Å²) in [4.78, 5) is 4.80. The van der Waals surface area contributed by atoms with Gasteiger partial charge in [0.1, 0.15) is 0 Å². The summed E-state index contributed by atoms with van der Waals surface area (Å²) in [6.07, 6.45) is 0. The van der Waals surface area contributed by atoms with Crippen molar-refractivity contribution in [2.24, 2.45) is 0 Å². The number of nitrogens with zero attached hydrogens (tertiary/aromatic N) is 2. The van der Waals surface area contributed by atoms with Gasteiger partial charge in [-0.25, -0.2) is 0 Å². The zero-order valence-electron chi connectivity index (χ0n) is 26.4. The van der Waals surface area contributed by atoms with Crippen molar-refractivity contribution in [1.82, 2.24) is 0 Å². The SMILES string of the molecule is Cc1cc(-c2ccc(N(c3ccccc3)C(C)(C)C)c(C)c2)ccc1N(c1ccccc1)c1ccc(C(C)(C)C)cc1. The van der Waals surface area contributed by atoms with Crippen molar-refractivity contribution in [2.45, 2.75) is 66.3 Å². The number of rotatable bonds is 6. The standard InChI is InChI=1S/C40H44N2/c1-29-27-31(32-20-26-38(30(2)28-32)42(40(6,7)8)36-17-13-10-14-18-36)19-25-37(29)41(34-15-11-9-12-16-34)35-23-21-33(22-24-35)39(3,4)5/h9-28H,1-8H3. The van der Waals surface area contributed by atoms with Crippen LogP contribution in [0.5, 0.6) is 0 Å². The molecule has 0 aliphatic rings. The van der Waals surface area contributed by atoms with Crippen LogP contribution in [0.1, 0.15) is 58.2 Å². The summed E-state index contributed by atoms with van der Waals surface area (Å²) in [7, 11) is 0. The van der Waals surface area contributed by atoms with Gasteiger partial charge in [0, 0.05) is 34.0 Å². The molecule has 5 aromatic carbocycles. The minimum absolute atomic E-state index is 0.0577. The first-order chi connectivity index (χ1) is 19.9. The Morgan fingerprint density at radius 1 is 0.452 bits per heavy atom. The fourth-order valence-electron chi connectivity index (χ4n) is 5.75. The van der Waals surface area contributed by atoms with Crippen molar-refractivity contribution >= 4 is 28.4 Å². The first-order valence-electron chi connectivity index (χ1n) is 15.0. The monoisotopic (exact) mass is 552 g/mol. The molecule has 0 radical (unpaired) electrons. The maximum Gasteiger partial charge on any atom is 0.0491 e. The summed E-state index contributed by atoms with van der Waals surface area (Å²) < 4.78 is 0. The Bertz CT molecular complexity index is 1640. The van der Waals surface area contributed by atoms with Crippen molar-refractivity contribution in [3.8, 4) is 11.1 Å². The molecule has 0 aliphatic heterocycles. The molecule has 0 saturated heterocycles. The molecule has 0 N–H and O–H groups in total. The fourth-order valence-corrected chi connectivity index (χ4v) is 5.75. The lowest BCUT2D eigenvalue weighted by atomic mass is 9.87. The van der Waals surface area contributed by atoms with E-state index in [1.165, 1.54) is 44.9 Å². The fraction of sp³-hybridized carbons (Fsp3) is 0.250. The lowest BCUT2D eigenvalue weighted by Gasteiger charge is -2.39. The molecule has 0 unspecified atom stereocenters. The Balaban J connectivity index is 1.52. The van der Waals surface area contributed by atoms with Gasteiger partial charge < -0.3 is 9.80 Å². The zero-order valence-corrected chi connectivity index (χ0v) is 26.4. The van der Waals surface area contributed by atoms with E-state index in [-0.39, 0.29) is 11.0 Å². The molecule has 2 heteroatoms. The normalized spacial score (nSPS) is 11.8. The van der Waals surface area contributed by atoms with Crippen LogP contribution in [-0.2, 0) is 5.41 Å². The van der Waals surface area contributed by atoms with E-state index in [2.05, 4.69) is 187 Å². The first kappa shape index (κ1) is 29.2. The number of hydrogen-bond acceptors (Lipinski definition) is 2. The van der Waals surface area contributed by atoms with Crippen molar-refractivity contribution in [3.63, 3.8) is 0 Å². The molecular formula is C40H44N2. The molecule has 0 heterocycles. The summed E-state index contributed by atoms with van der Waals surface area (Å²) in [5.41, 5.74) is 12.3. The quantitative estimate of drug-likeness (QED) is 0.207. The molecule has 0 spiro atoms. The second-order valence-corrected chi connectivity index (χ2v) is 13.3. The molecule has 42 heavy (non-hydrogen) atoms. The predicted octanol–water partition coefficient (Wildman–Crippen LogP) is 11.7. The molecule has 214 valence electrons. The van der Waals surface area contributed by atoms with Gasteiger partial charge in [-0.15, -0.1) is 0 Å². The molecule has 0 saturated carbocycles. The number of hydrogen-bond donors (Lipinski definition) is 0. The molecule has 0 fully saturated rings. The Hall–Kier alpha value is -4.30. The predicted molar refractivity (Wildman–Crippen MR) is 183 cm³/mol. The lowest BCUT2D eigenvalue weighted by Crippen LogP contribution is -2.38. The topological polar surface area (TPSA) is 6.48 Å². The van der Waals surface area contributed by atoms with Crippen molar-refractivity contribution in [3.05, 3.63) is 138 Å². The lowest BCUT2D eigenvalue weighted by molar-refractivity contribution is 0.559. The van der Waals surface area contributed by atoms with Gasteiger partial charge in [0.25, 0.3) is 0 Å². The summed E-state index contributed by atoms with van der Waals surface area (Å²) in [6, 6.07) is 44.1. The van der Waals surface area contributed by atoms with Crippen molar-refractivity contribution < 1.29 is 0 Å². The van der Waals surface area contributed by atoms with Gasteiger partial charge in [-0.05, 0) is 129 Å². The summed E-state index contributed by atoms with van der Waals surface area (Å²) in [5.74, 6) is 0. The smallest absolute Gasteiger partial charge is 0.0491 e. The Labute approximate surface area is 253 Å². The maximum atomic E-state index is 2.43. The van der Waals surface area contributed by atoms with Gasteiger partial charge in [0.05, 0.1) is 0 Å². The third-order valence-corrected chi connectivity index (χ3v) is 7.90. The van der Waals surface area contributed by atoms with Crippen LogP contribution in [0, 0.1) is 13.8 Å². The van der Waals surface area contributed by atoms with E-state index >= 15 is 0 Å². The largest absolute Gasteiger partial charge is 0.336 e. The second-order valence-electron chi connectivity index (χ2n) is 13.3. The Morgan fingerprint density at radius 2 is 0.905 bits per heavy atom. The highest BCUT2D eigenvalue weighted by Gasteiger charge is 2.25. The van der Waals surface area contributed by atoms with Crippen LogP contribution in [0.15, 0.2) is 121 Å². The molecule has 5 aromatic rings. The third kappa shape index (κ3) is 6.14. The van der Waals surface area contributed by atoms with Gasteiger partial charge in [-0.2, -0.15) is 0 Å². The minimum atomic E-state index is -0.0577. The average Bonchev–Trinajstić information content (AvgIpc) is 2.95. The summed E-state index contributed by atoms with van der Waals surface area (Å²) >= 11 is 0. The highest BCUT2D eigenvalue weighted by Crippen LogP contribution is 2.40. The highest BCUT2D eigenvalue weighted by atomic mass is 15.2. The molecule has 0 atom stereocenters. The van der Waals surface area contributed by atoms with Crippen LogP contribution in [-0.4, -0.2) is 5.54 Å². The van der Waals surface area contributed by atoms with E-state index < -0.39 is 0 Å². The van der Waals surface area contributed by atoms with E-state index in [9.17, 15) is 0 Å². The van der Waals surface area contributed by atoms with E-state index in [1.807, 2.05) is 0 Å². The maximum absolute atomic E-state index is 2.43.